The maximum atomic E-state index is 12.6. The predicted molar refractivity (Wildman–Crippen MR) is 118 cm³/mol. The van der Waals surface area contributed by atoms with E-state index in [9.17, 15) is 9.59 Å². The van der Waals surface area contributed by atoms with Crippen molar-refractivity contribution < 1.29 is 13.9 Å². The zero-order valence-electron chi connectivity index (χ0n) is 16.1. The molecule has 0 bridgehead atoms. The number of rotatable bonds is 5. The van der Waals surface area contributed by atoms with E-state index in [0.717, 1.165) is 0 Å². The zero-order chi connectivity index (χ0) is 21.1. The molecule has 0 atom stereocenters. The number of benzene rings is 3. The summed E-state index contributed by atoms with van der Waals surface area (Å²) in [6.07, 6.45) is 0. The molecule has 1 amide bonds. The fraction of sp³-hybridized carbons (Fsp3) is 0.0833. The molecule has 5 nitrogen and oxygen atoms in total. The second-order valence-corrected chi connectivity index (χ2v) is 7.01. The summed E-state index contributed by atoms with van der Waals surface area (Å²) in [5.74, 6) is 0.749. The monoisotopic (exact) mass is 419 g/mol. The highest BCUT2D eigenvalue weighted by Gasteiger charge is 2.13. The quantitative estimate of drug-likeness (QED) is 0.446. The van der Waals surface area contributed by atoms with Crippen molar-refractivity contribution in [3.8, 4) is 17.1 Å². The molecule has 0 radical (unpaired) electrons. The predicted octanol–water partition coefficient (Wildman–Crippen LogP) is 5.76. The molecule has 0 unspecified atom stereocenters. The van der Waals surface area contributed by atoms with Gasteiger partial charge in [0, 0.05) is 28.4 Å². The van der Waals surface area contributed by atoms with Gasteiger partial charge in [-0.05, 0) is 55.5 Å². The zero-order valence-corrected chi connectivity index (χ0v) is 16.9. The van der Waals surface area contributed by atoms with Gasteiger partial charge in [-0.15, -0.1) is 0 Å². The lowest BCUT2D eigenvalue weighted by Crippen LogP contribution is -2.12. The molecule has 0 saturated carbocycles. The highest BCUT2D eigenvalue weighted by Crippen LogP contribution is 2.31. The van der Waals surface area contributed by atoms with E-state index in [0.29, 0.717) is 50.9 Å². The third-order valence-electron chi connectivity index (χ3n) is 4.55. The second kappa shape index (κ2) is 8.43. The number of carbonyl (C=O) groups is 1. The van der Waals surface area contributed by atoms with Crippen molar-refractivity contribution in [2.75, 3.05) is 11.9 Å². The van der Waals surface area contributed by atoms with E-state index in [4.69, 9.17) is 20.8 Å². The van der Waals surface area contributed by atoms with Crippen LogP contribution in [-0.2, 0) is 0 Å². The first kappa shape index (κ1) is 19.7. The fourth-order valence-corrected chi connectivity index (χ4v) is 3.25. The smallest absolute Gasteiger partial charge is 0.255 e. The summed E-state index contributed by atoms with van der Waals surface area (Å²) >= 11 is 5.87. The van der Waals surface area contributed by atoms with Crippen molar-refractivity contribution in [1.82, 2.24) is 0 Å². The lowest BCUT2D eigenvalue weighted by Gasteiger charge is -2.10. The molecule has 0 aliphatic rings. The van der Waals surface area contributed by atoms with Crippen molar-refractivity contribution in [1.29, 1.82) is 0 Å². The Kier molecular flexibility index (Phi) is 5.55. The molecule has 1 N–H and O–H groups in total. The minimum atomic E-state index is -0.286. The SMILES string of the molecule is CCOc1ccccc1-c1cc(=O)c2ccc(NC(=O)c3ccc(Cl)cc3)cc2o1. The van der Waals surface area contributed by atoms with Crippen LogP contribution < -0.4 is 15.5 Å². The number of nitrogens with one attached hydrogen (secondary N) is 1. The number of fused-ring (bicyclic) bond motifs is 1. The Morgan fingerprint density at radius 2 is 1.80 bits per heavy atom. The Balaban J connectivity index is 1.71. The molecule has 1 heterocycles. The standard InChI is InChI=1S/C24H18ClNO4/c1-2-29-21-6-4-3-5-19(21)23-14-20(27)18-12-11-17(13-22(18)30-23)26-24(28)15-7-9-16(25)10-8-15/h3-14H,2H2,1H3,(H,26,28). The van der Waals surface area contributed by atoms with Crippen molar-refractivity contribution in [2.24, 2.45) is 0 Å². The van der Waals surface area contributed by atoms with E-state index in [2.05, 4.69) is 5.32 Å². The molecule has 4 rings (SSSR count). The number of para-hydroxylation sites is 1. The van der Waals surface area contributed by atoms with Crippen LogP contribution in [0.2, 0.25) is 5.02 Å². The maximum absolute atomic E-state index is 12.6. The molecule has 0 fully saturated rings. The molecule has 0 aliphatic carbocycles. The first-order valence-electron chi connectivity index (χ1n) is 9.42. The minimum Gasteiger partial charge on any atom is -0.493 e. The average Bonchev–Trinajstić information content (AvgIpc) is 2.74. The van der Waals surface area contributed by atoms with Crippen LogP contribution in [0.25, 0.3) is 22.3 Å². The number of amides is 1. The largest absolute Gasteiger partial charge is 0.493 e. The minimum absolute atomic E-state index is 0.173. The fourth-order valence-electron chi connectivity index (χ4n) is 3.12. The van der Waals surface area contributed by atoms with Gasteiger partial charge in [-0.25, -0.2) is 0 Å². The first-order valence-corrected chi connectivity index (χ1v) is 9.80. The van der Waals surface area contributed by atoms with Crippen LogP contribution >= 0.6 is 11.6 Å². The van der Waals surface area contributed by atoms with E-state index in [-0.39, 0.29) is 11.3 Å². The Bertz CT molecular complexity index is 1280. The van der Waals surface area contributed by atoms with Crippen molar-refractivity contribution in [3.63, 3.8) is 0 Å². The Morgan fingerprint density at radius 3 is 2.57 bits per heavy atom. The van der Waals surface area contributed by atoms with Crippen LogP contribution in [0.15, 0.2) is 82.0 Å². The van der Waals surface area contributed by atoms with Crippen LogP contribution in [-0.4, -0.2) is 12.5 Å². The summed E-state index contributed by atoms with van der Waals surface area (Å²) in [5.41, 5.74) is 1.88. The molecule has 6 heteroatoms. The van der Waals surface area contributed by atoms with Crippen LogP contribution in [0, 0.1) is 0 Å². The van der Waals surface area contributed by atoms with Gasteiger partial charge in [-0.3, -0.25) is 9.59 Å². The average molecular weight is 420 g/mol. The molecular weight excluding hydrogens is 402 g/mol. The van der Waals surface area contributed by atoms with Gasteiger partial charge < -0.3 is 14.5 Å². The summed E-state index contributed by atoms with van der Waals surface area (Å²) < 4.78 is 11.7. The van der Waals surface area contributed by atoms with Crippen LogP contribution in [0.5, 0.6) is 5.75 Å². The van der Waals surface area contributed by atoms with Crippen LogP contribution in [0.3, 0.4) is 0 Å². The number of anilines is 1. The Hall–Kier alpha value is -3.57. The van der Waals surface area contributed by atoms with E-state index >= 15 is 0 Å². The Morgan fingerprint density at radius 1 is 1.03 bits per heavy atom. The van der Waals surface area contributed by atoms with E-state index in [1.54, 1.807) is 42.5 Å². The summed E-state index contributed by atoms with van der Waals surface area (Å²) in [6.45, 7) is 2.39. The molecule has 150 valence electrons. The van der Waals surface area contributed by atoms with Gasteiger partial charge in [0.1, 0.15) is 17.1 Å². The normalized spacial score (nSPS) is 10.7. The van der Waals surface area contributed by atoms with Gasteiger partial charge in [0.25, 0.3) is 5.91 Å². The summed E-state index contributed by atoms with van der Waals surface area (Å²) in [7, 11) is 0. The summed E-state index contributed by atoms with van der Waals surface area (Å²) in [5, 5.41) is 3.79. The molecule has 30 heavy (non-hydrogen) atoms. The first-order chi connectivity index (χ1) is 14.5. The van der Waals surface area contributed by atoms with E-state index in [1.807, 2.05) is 31.2 Å². The van der Waals surface area contributed by atoms with Gasteiger partial charge >= 0.3 is 0 Å². The number of halogens is 1. The molecule has 3 aromatic carbocycles. The van der Waals surface area contributed by atoms with Gasteiger partial charge in [0.15, 0.2) is 5.43 Å². The molecule has 0 spiro atoms. The van der Waals surface area contributed by atoms with E-state index < -0.39 is 0 Å². The molecule has 0 saturated heterocycles. The van der Waals surface area contributed by atoms with E-state index in [1.165, 1.54) is 6.07 Å². The van der Waals surface area contributed by atoms with Crippen molar-refractivity contribution in [2.45, 2.75) is 6.92 Å². The number of carbonyl (C=O) groups excluding carboxylic acids is 1. The number of ether oxygens (including phenoxy) is 1. The number of hydrogen-bond acceptors (Lipinski definition) is 4. The molecule has 1 aromatic heterocycles. The second-order valence-electron chi connectivity index (χ2n) is 6.58. The molecule has 0 aliphatic heterocycles. The van der Waals surface area contributed by atoms with Gasteiger partial charge in [0.2, 0.25) is 0 Å². The lowest BCUT2D eigenvalue weighted by atomic mass is 10.1. The van der Waals surface area contributed by atoms with Gasteiger partial charge in [-0.2, -0.15) is 0 Å². The highest BCUT2D eigenvalue weighted by atomic mass is 35.5. The summed E-state index contributed by atoms with van der Waals surface area (Å²) in [6, 6.07) is 20.3. The number of hydrogen-bond donors (Lipinski definition) is 1. The topological polar surface area (TPSA) is 68.5 Å². The van der Waals surface area contributed by atoms with Crippen molar-refractivity contribution >= 4 is 34.2 Å². The summed E-state index contributed by atoms with van der Waals surface area (Å²) in [4.78, 5) is 25.1. The van der Waals surface area contributed by atoms with Gasteiger partial charge in [0.05, 0.1) is 17.6 Å². The van der Waals surface area contributed by atoms with Crippen molar-refractivity contribution in [3.05, 3.63) is 93.6 Å². The van der Waals surface area contributed by atoms with Crippen LogP contribution in [0.1, 0.15) is 17.3 Å². The molecular formula is C24H18ClNO4. The molecule has 4 aromatic rings. The van der Waals surface area contributed by atoms with Gasteiger partial charge in [-0.1, -0.05) is 23.7 Å². The van der Waals surface area contributed by atoms with Crippen LogP contribution in [0.4, 0.5) is 5.69 Å². The lowest BCUT2D eigenvalue weighted by molar-refractivity contribution is 0.102. The maximum Gasteiger partial charge on any atom is 0.255 e. The third-order valence-corrected chi connectivity index (χ3v) is 4.80. The highest BCUT2D eigenvalue weighted by molar-refractivity contribution is 6.30. The Labute approximate surface area is 177 Å². The third kappa shape index (κ3) is 4.07.